The fourth-order valence-electron chi connectivity index (χ4n) is 2.15. The van der Waals surface area contributed by atoms with Crippen LogP contribution in [0.5, 0.6) is 5.75 Å². The lowest BCUT2D eigenvalue weighted by atomic mass is 10.0. The minimum atomic E-state index is -0.499. The van der Waals surface area contributed by atoms with Crippen molar-refractivity contribution in [1.29, 1.82) is 0 Å². The predicted molar refractivity (Wildman–Crippen MR) is 89.8 cm³/mol. The predicted octanol–water partition coefficient (Wildman–Crippen LogP) is 2.75. The van der Waals surface area contributed by atoms with Gasteiger partial charge in [0.1, 0.15) is 0 Å². The van der Waals surface area contributed by atoms with Gasteiger partial charge in [-0.2, -0.15) is 0 Å². The van der Waals surface area contributed by atoms with Crippen molar-refractivity contribution >= 4 is 5.97 Å². The molecule has 0 radical (unpaired) electrons. The second kappa shape index (κ2) is 12.1. The number of methoxy groups -OCH3 is 1. The van der Waals surface area contributed by atoms with Crippen LogP contribution in [0.15, 0.2) is 23.3 Å². The maximum Gasteiger partial charge on any atom is 0.307 e. The molecule has 9 heteroatoms. The zero-order valence-electron chi connectivity index (χ0n) is 14.4. The van der Waals surface area contributed by atoms with Crippen molar-refractivity contribution in [3.05, 3.63) is 40.0 Å². The van der Waals surface area contributed by atoms with E-state index in [0.29, 0.717) is 25.3 Å². The third-order valence-corrected chi connectivity index (χ3v) is 3.29. The molecular weight excluding hydrogens is 331 g/mol. The van der Waals surface area contributed by atoms with Crippen LogP contribution >= 0.6 is 0 Å². The topological polar surface area (TPSA) is 106 Å². The Labute approximate surface area is 145 Å². The highest BCUT2D eigenvalue weighted by Crippen LogP contribution is 2.24. The lowest BCUT2D eigenvalue weighted by Gasteiger charge is -2.19. The average molecular weight is 354 g/mol. The zero-order valence-corrected chi connectivity index (χ0v) is 14.4. The zero-order chi connectivity index (χ0) is 18.5. The lowest BCUT2D eigenvalue weighted by Crippen LogP contribution is -2.28. The highest BCUT2D eigenvalue weighted by atomic mass is 19.1. The molecule has 0 aliphatic heterocycles. The molecule has 0 saturated heterocycles. The summed E-state index contributed by atoms with van der Waals surface area (Å²) in [6.07, 6.45) is 0.0678. The molecule has 0 aliphatic carbocycles. The van der Waals surface area contributed by atoms with E-state index < -0.39 is 11.9 Å². The number of nitrogens with one attached hydrogen (secondary N) is 1. The third kappa shape index (κ3) is 7.84. The first-order chi connectivity index (χ1) is 12.1. The van der Waals surface area contributed by atoms with Crippen molar-refractivity contribution in [1.82, 2.24) is 5.32 Å². The molecular formula is C16H23FN4O4. The number of nitrogens with zero attached hydrogens (tertiary/aromatic N) is 3. The van der Waals surface area contributed by atoms with Crippen LogP contribution < -0.4 is 10.1 Å². The standard InChI is InChI=1S/C16H23FN4O4/c1-3-25-16(22)11-14(19-6-8-24-9-7-20-21-18)12-4-5-15(23-2)13(17)10-12/h4-5,10,14,19H,3,6-9,11H2,1-2H3/t14-/m0/s1. The summed E-state index contributed by atoms with van der Waals surface area (Å²) >= 11 is 0. The monoisotopic (exact) mass is 354 g/mol. The van der Waals surface area contributed by atoms with Gasteiger partial charge in [0, 0.05) is 24.0 Å². The van der Waals surface area contributed by atoms with Gasteiger partial charge in [-0.1, -0.05) is 11.2 Å². The first kappa shape index (κ1) is 20.7. The number of azide groups is 1. The van der Waals surface area contributed by atoms with Crippen LogP contribution in [0.2, 0.25) is 0 Å². The summed E-state index contributed by atoms with van der Waals surface area (Å²) in [6, 6.07) is 4.13. The van der Waals surface area contributed by atoms with Gasteiger partial charge < -0.3 is 19.5 Å². The Kier molecular flexibility index (Phi) is 10.00. The second-order valence-electron chi connectivity index (χ2n) is 4.98. The molecule has 0 saturated carbocycles. The van der Waals surface area contributed by atoms with Crippen LogP contribution in [0.1, 0.15) is 24.9 Å². The number of rotatable bonds is 12. The Hall–Kier alpha value is -2.35. The molecule has 0 bridgehead atoms. The number of esters is 1. The molecule has 0 amide bonds. The highest BCUT2D eigenvalue weighted by Gasteiger charge is 2.18. The number of ether oxygens (including phenoxy) is 3. The Morgan fingerprint density at radius 3 is 2.88 bits per heavy atom. The maximum atomic E-state index is 13.9. The summed E-state index contributed by atoms with van der Waals surface area (Å²) in [4.78, 5) is 14.4. The molecule has 1 aromatic rings. The van der Waals surface area contributed by atoms with Gasteiger partial charge in [-0.25, -0.2) is 4.39 Å². The molecule has 1 atom stereocenters. The molecule has 0 heterocycles. The van der Waals surface area contributed by atoms with E-state index in [1.54, 1.807) is 13.0 Å². The number of carbonyl (C=O) groups excluding carboxylic acids is 1. The van der Waals surface area contributed by atoms with Gasteiger partial charge in [-0.15, -0.1) is 0 Å². The first-order valence-corrected chi connectivity index (χ1v) is 7.93. The first-order valence-electron chi connectivity index (χ1n) is 7.93. The summed E-state index contributed by atoms with van der Waals surface area (Å²) in [7, 11) is 1.39. The van der Waals surface area contributed by atoms with Gasteiger partial charge >= 0.3 is 5.97 Å². The van der Waals surface area contributed by atoms with Crippen molar-refractivity contribution in [2.24, 2.45) is 5.11 Å². The molecule has 0 fully saturated rings. The van der Waals surface area contributed by atoms with Crippen LogP contribution in [-0.4, -0.2) is 46.0 Å². The maximum absolute atomic E-state index is 13.9. The molecule has 1 aromatic carbocycles. The largest absolute Gasteiger partial charge is 0.494 e. The lowest BCUT2D eigenvalue weighted by molar-refractivity contribution is -0.143. The Morgan fingerprint density at radius 1 is 1.44 bits per heavy atom. The van der Waals surface area contributed by atoms with E-state index in [9.17, 15) is 9.18 Å². The summed E-state index contributed by atoms with van der Waals surface area (Å²) in [6.45, 7) is 3.38. The molecule has 8 nitrogen and oxygen atoms in total. The van der Waals surface area contributed by atoms with Crippen LogP contribution in [0.25, 0.3) is 10.4 Å². The van der Waals surface area contributed by atoms with Crippen LogP contribution in [0.3, 0.4) is 0 Å². The van der Waals surface area contributed by atoms with Crippen molar-refractivity contribution in [2.75, 3.05) is 40.0 Å². The minimum absolute atomic E-state index is 0.0678. The summed E-state index contributed by atoms with van der Waals surface area (Å²) in [5.41, 5.74) is 8.77. The van der Waals surface area contributed by atoms with E-state index in [2.05, 4.69) is 15.3 Å². The minimum Gasteiger partial charge on any atom is -0.494 e. The molecule has 0 unspecified atom stereocenters. The molecule has 1 N–H and O–H groups in total. The summed E-state index contributed by atoms with van der Waals surface area (Å²) < 4.78 is 29.1. The van der Waals surface area contributed by atoms with E-state index in [1.165, 1.54) is 19.2 Å². The van der Waals surface area contributed by atoms with Gasteiger partial charge in [0.15, 0.2) is 11.6 Å². The van der Waals surface area contributed by atoms with Gasteiger partial charge in [0.25, 0.3) is 0 Å². The number of hydrogen-bond acceptors (Lipinski definition) is 6. The number of halogens is 1. The fraction of sp³-hybridized carbons (Fsp3) is 0.562. The second-order valence-corrected chi connectivity index (χ2v) is 4.98. The van der Waals surface area contributed by atoms with Gasteiger partial charge in [0.05, 0.1) is 33.4 Å². The molecule has 0 spiro atoms. The van der Waals surface area contributed by atoms with E-state index >= 15 is 0 Å². The number of benzene rings is 1. The quantitative estimate of drug-likeness (QED) is 0.204. The fourth-order valence-corrected chi connectivity index (χ4v) is 2.15. The molecule has 1 rings (SSSR count). The van der Waals surface area contributed by atoms with E-state index in [-0.39, 0.29) is 31.3 Å². The molecule has 138 valence electrons. The Bertz CT molecular complexity index is 593. The van der Waals surface area contributed by atoms with E-state index in [1.807, 2.05) is 0 Å². The molecule has 25 heavy (non-hydrogen) atoms. The van der Waals surface area contributed by atoms with Crippen molar-refractivity contribution in [2.45, 2.75) is 19.4 Å². The average Bonchev–Trinajstić information content (AvgIpc) is 2.60. The van der Waals surface area contributed by atoms with E-state index in [4.69, 9.17) is 19.7 Å². The van der Waals surface area contributed by atoms with Crippen LogP contribution in [0, 0.1) is 5.82 Å². The smallest absolute Gasteiger partial charge is 0.307 e. The SMILES string of the molecule is CCOC(=O)C[C@H](NCCOCCN=[N+]=[N-])c1ccc(OC)c(F)c1. The third-order valence-electron chi connectivity index (χ3n) is 3.29. The van der Waals surface area contributed by atoms with Gasteiger partial charge in [0.2, 0.25) is 0 Å². The normalized spacial score (nSPS) is 11.5. The van der Waals surface area contributed by atoms with Crippen LogP contribution in [-0.2, 0) is 14.3 Å². The van der Waals surface area contributed by atoms with Crippen molar-refractivity contribution in [3.63, 3.8) is 0 Å². The van der Waals surface area contributed by atoms with E-state index in [0.717, 1.165) is 0 Å². The van der Waals surface area contributed by atoms with Gasteiger partial charge in [-0.3, -0.25) is 4.79 Å². The Balaban J connectivity index is 2.64. The molecule has 0 aromatic heterocycles. The number of carbonyl (C=O) groups is 1. The highest BCUT2D eigenvalue weighted by molar-refractivity contribution is 5.70. The summed E-state index contributed by atoms with van der Waals surface area (Å²) in [5.74, 6) is -0.734. The van der Waals surface area contributed by atoms with Gasteiger partial charge in [-0.05, 0) is 30.2 Å². The Morgan fingerprint density at radius 2 is 2.24 bits per heavy atom. The van der Waals surface area contributed by atoms with Crippen molar-refractivity contribution in [3.8, 4) is 5.75 Å². The number of hydrogen-bond donors (Lipinski definition) is 1. The van der Waals surface area contributed by atoms with Crippen molar-refractivity contribution < 1.29 is 23.4 Å². The molecule has 0 aliphatic rings. The summed E-state index contributed by atoms with van der Waals surface area (Å²) in [5, 5.41) is 6.50. The van der Waals surface area contributed by atoms with Crippen LogP contribution in [0.4, 0.5) is 4.39 Å².